The molecule has 2 atom stereocenters. The summed E-state index contributed by atoms with van der Waals surface area (Å²) in [5.41, 5.74) is 0.878. The van der Waals surface area contributed by atoms with E-state index in [4.69, 9.17) is 9.84 Å². The molecule has 0 radical (unpaired) electrons. The summed E-state index contributed by atoms with van der Waals surface area (Å²) in [7, 11) is 0. The van der Waals surface area contributed by atoms with E-state index in [9.17, 15) is 9.18 Å². The van der Waals surface area contributed by atoms with Gasteiger partial charge in [0, 0.05) is 12.1 Å². The SMILES string of the molecule is O=C(O)NC[C@H]1C[C@@H]1c1cc(F)ccc1OCC1CC1. The number of rotatable bonds is 6. The van der Waals surface area contributed by atoms with Gasteiger partial charge in [0.15, 0.2) is 0 Å². The molecule has 5 heteroatoms. The Morgan fingerprint density at radius 3 is 2.95 bits per heavy atom. The maximum atomic E-state index is 13.4. The fourth-order valence-electron chi connectivity index (χ4n) is 2.51. The topological polar surface area (TPSA) is 58.6 Å². The predicted octanol–water partition coefficient (Wildman–Crippen LogP) is 2.99. The van der Waals surface area contributed by atoms with E-state index in [1.54, 1.807) is 6.07 Å². The van der Waals surface area contributed by atoms with E-state index >= 15 is 0 Å². The van der Waals surface area contributed by atoms with Gasteiger partial charge in [-0.1, -0.05) is 0 Å². The molecule has 0 aromatic heterocycles. The Labute approximate surface area is 116 Å². The van der Waals surface area contributed by atoms with Crippen LogP contribution in [-0.2, 0) is 0 Å². The van der Waals surface area contributed by atoms with Crippen LogP contribution in [0, 0.1) is 17.7 Å². The molecule has 0 unspecified atom stereocenters. The van der Waals surface area contributed by atoms with Crippen molar-refractivity contribution in [2.45, 2.75) is 25.2 Å². The average molecular weight is 279 g/mol. The quantitative estimate of drug-likeness (QED) is 0.841. The second kappa shape index (κ2) is 5.31. The van der Waals surface area contributed by atoms with E-state index in [2.05, 4.69) is 5.32 Å². The van der Waals surface area contributed by atoms with Gasteiger partial charge in [0.05, 0.1) is 6.61 Å². The van der Waals surface area contributed by atoms with Crippen LogP contribution >= 0.6 is 0 Å². The molecule has 0 saturated heterocycles. The van der Waals surface area contributed by atoms with E-state index in [0.29, 0.717) is 19.1 Å². The maximum absolute atomic E-state index is 13.4. The summed E-state index contributed by atoms with van der Waals surface area (Å²) in [6.45, 7) is 1.11. The zero-order valence-corrected chi connectivity index (χ0v) is 11.1. The van der Waals surface area contributed by atoms with Crippen molar-refractivity contribution in [3.8, 4) is 5.75 Å². The average Bonchev–Trinajstić information content (AvgIpc) is 3.29. The van der Waals surface area contributed by atoms with Gasteiger partial charge in [-0.05, 0) is 55.2 Å². The van der Waals surface area contributed by atoms with Gasteiger partial charge < -0.3 is 15.2 Å². The second-order valence-corrected chi connectivity index (χ2v) is 5.72. The minimum absolute atomic E-state index is 0.201. The Kier molecular flexibility index (Phi) is 3.51. The highest BCUT2D eigenvalue weighted by Gasteiger charge is 2.40. The first kappa shape index (κ1) is 13.2. The lowest BCUT2D eigenvalue weighted by Gasteiger charge is -2.11. The number of carboxylic acid groups (broad SMARTS) is 1. The lowest BCUT2D eigenvalue weighted by Crippen LogP contribution is -2.23. The van der Waals surface area contributed by atoms with Gasteiger partial charge in [0.25, 0.3) is 0 Å². The molecule has 1 aromatic carbocycles. The van der Waals surface area contributed by atoms with Gasteiger partial charge in [-0.15, -0.1) is 0 Å². The summed E-state index contributed by atoms with van der Waals surface area (Å²) in [6.07, 6.45) is 2.29. The van der Waals surface area contributed by atoms with Gasteiger partial charge in [-0.2, -0.15) is 0 Å². The maximum Gasteiger partial charge on any atom is 0.404 e. The third-order valence-electron chi connectivity index (χ3n) is 3.98. The van der Waals surface area contributed by atoms with Gasteiger partial charge >= 0.3 is 6.09 Å². The minimum Gasteiger partial charge on any atom is -0.493 e. The molecule has 0 bridgehead atoms. The molecule has 2 N–H and O–H groups in total. The summed E-state index contributed by atoms with van der Waals surface area (Å²) in [5.74, 6) is 1.58. The smallest absolute Gasteiger partial charge is 0.404 e. The fraction of sp³-hybridized carbons (Fsp3) is 0.533. The number of ether oxygens (including phenoxy) is 1. The standard InChI is InChI=1S/C15H18FNO3/c16-11-3-4-14(20-8-9-1-2-9)13(6-11)12-5-10(12)7-17-15(18)19/h3-4,6,9-10,12,17H,1-2,5,7-8H2,(H,18,19)/t10-,12+/m1/s1. The molecule has 2 saturated carbocycles. The largest absolute Gasteiger partial charge is 0.493 e. The first-order valence-corrected chi connectivity index (χ1v) is 7.02. The van der Waals surface area contributed by atoms with Crippen LogP contribution in [0.1, 0.15) is 30.7 Å². The molecule has 108 valence electrons. The molecule has 0 aliphatic heterocycles. The normalized spacial score (nSPS) is 24.2. The summed E-state index contributed by atoms with van der Waals surface area (Å²) < 4.78 is 19.2. The van der Waals surface area contributed by atoms with Gasteiger partial charge in [0.1, 0.15) is 11.6 Å². The van der Waals surface area contributed by atoms with Crippen molar-refractivity contribution >= 4 is 6.09 Å². The number of halogens is 1. The van der Waals surface area contributed by atoms with E-state index in [0.717, 1.165) is 17.7 Å². The number of amides is 1. The van der Waals surface area contributed by atoms with Crippen LogP contribution in [0.3, 0.4) is 0 Å². The van der Waals surface area contributed by atoms with Crippen molar-refractivity contribution in [1.82, 2.24) is 5.32 Å². The molecule has 0 heterocycles. The lowest BCUT2D eigenvalue weighted by atomic mass is 10.1. The van der Waals surface area contributed by atoms with Crippen molar-refractivity contribution < 1.29 is 19.0 Å². The van der Waals surface area contributed by atoms with Crippen molar-refractivity contribution in [1.29, 1.82) is 0 Å². The van der Waals surface area contributed by atoms with E-state index in [1.165, 1.54) is 25.0 Å². The van der Waals surface area contributed by atoms with Crippen LogP contribution in [0.4, 0.5) is 9.18 Å². The third kappa shape index (κ3) is 3.21. The zero-order valence-electron chi connectivity index (χ0n) is 11.1. The van der Waals surface area contributed by atoms with Crippen LogP contribution in [0.2, 0.25) is 0 Å². The summed E-state index contributed by atoms with van der Waals surface area (Å²) in [5, 5.41) is 11.0. The summed E-state index contributed by atoms with van der Waals surface area (Å²) >= 11 is 0. The third-order valence-corrected chi connectivity index (χ3v) is 3.98. The Hall–Kier alpha value is -1.78. The Bertz CT molecular complexity index is 516. The highest BCUT2D eigenvalue weighted by Crippen LogP contribution is 2.50. The van der Waals surface area contributed by atoms with Crippen LogP contribution in [0.25, 0.3) is 0 Å². The monoisotopic (exact) mass is 279 g/mol. The number of hydrogen-bond donors (Lipinski definition) is 2. The molecular formula is C15H18FNO3. The minimum atomic E-state index is -1.01. The lowest BCUT2D eigenvalue weighted by molar-refractivity contribution is 0.194. The highest BCUT2D eigenvalue weighted by atomic mass is 19.1. The van der Waals surface area contributed by atoms with Gasteiger partial charge in [0.2, 0.25) is 0 Å². The number of carbonyl (C=O) groups is 1. The molecule has 20 heavy (non-hydrogen) atoms. The van der Waals surface area contributed by atoms with Crippen molar-refractivity contribution in [3.05, 3.63) is 29.6 Å². The zero-order chi connectivity index (χ0) is 14.1. The first-order chi connectivity index (χ1) is 9.63. The summed E-state index contributed by atoms with van der Waals surface area (Å²) in [6, 6.07) is 4.62. The van der Waals surface area contributed by atoms with Crippen molar-refractivity contribution in [2.75, 3.05) is 13.2 Å². The Morgan fingerprint density at radius 1 is 1.45 bits per heavy atom. The number of nitrogens with one attached hydrogen (secondary N) is 1. The Balaban J connectivity index is 1.65. The predicted molar refractivity (Wildman–Crippen MR) is 71.5 cm³/mol. The molecule has 2 fully saturated rings. The molecule has 2 aliphatic rings. The molecule has 2 aliphatic carbocycles. The van der Waals surface area contributed by atoms with Crippen LogP contribution in [0.5, 0.6) is 5.75 Å². The molecule has 3 rings (SSSR count). The van der Waals surface area contributed by atoms with Crippen LogP contribution < -0.4 is 10.1 Å². The molecule has 4 nitrogen and oxygen atoms in total. The van der Waals surface area contributed by atoms with E-state index < -0.39 is 6.09 Å². The number of benzene rings is 1. The fourth-order valence-corrected chi connectivity index (χ4v) is 2.51. The molecule has 1 aromatic rings. The van der Waals surface area contributed by atoms with Crippen LogP contribution in [-0.4, -0.2) is 24.4 Å². The van der Waals surface area contributed by atoms with Gasteiger partial charge in [-0.25, -0.2) is 9.18 Å². The highest BCUT2D eigenvalue weighted by molar-refractivity contribution is 5.64. The van der Waals surface area contributed by atoms with E-state index in [-0.39, 0.29) is 17.7 Å². The van der Waals surface area contributed by atoms with E-state index in [1.807, 2.05) is 0 Å². The number of hydrogen-bond acceptors (Lipinski definition) is 2. The summed E-state index contributed by atoms with van der Waals surface area (Å²) in [4.78, 5) is 10.5. The van der Waals surface area contributed by atoms with Gasteiger partial charge in [-0.3, -0.25) is 0 Å². The van der Waals surface area contributed by atoms with Crippen molar-refractivity contribution in [3.63, 3.8) is 0 Å². The second-order valence-electron chi connectivity index (χ2n) is 5.72. The van der Waals surface area contributed by atoms with Crippen molar-refractivity contribution in [2.24, 2.45) is 11.8 Å². The molecular weight excluding hydrogens is 261 g/mol. The van der Waals surface area contributed by atoms with Crippen LogP contribution in [0.15, 0.2) is 18.2 Å². The molecule has 0 spiro atoms. The molecule has 1 amide bonds. The first-order valence-electron chi connectivity index (χ1n) is 7.02. The Morgan fingerprint density at radius 2 is 2.25 bits per heavy atom.